The molecule has 5 aromatic rings. The molecule has 1 saturated carbocycles. The average molecular weight is 497 g/mol. The highest BCUT2D eigenvalue weighted by atomic mass is 32.2. The minimum Gasteiger partial charge on any atom is -0.306 e. The molecule has 0 bridgehead atoms. The van der Waals surface area contributed by atoms with Gasteiger partial charge in [-0.2, -0.15) is 15.5 Å². The smallest absolute Gasteiger partial charge is 0.103 e. The third-order valence-corrected chi connectivity index (χ3v) is 8.52. The van der Waals surface area contributed by atoms with Crippen molar-refractivity contribution in [3.8, 4) is 17.2 Å². The van der Waals surface area contributed by atoms with Crippen LogP contribution in [0.5, 0.6) is 0 Å². The van der Waals surface area contributed by atoms with Crippen molar-refractivity contribution >= 4 is 22.8 Å². The zero-order valence-electron chi connectivity index (χ0n) is 20.7. The zero-order valence-corrected chi connectivity index (χ0v) is 21.5. The second-order valence-corrected chi connectivity index (χ2v) is 10.8. The maximum Gasteiger partial charge on any atom is 0.103 e. The molecule has 0 amide bonds. The summed E-state index contributed by atoms with van der Waals surface area (Å²) in [5.41, 5.74) is 5.73. The first-order valence-corrected chi connectivity index (χ1v) is 13.1. The Morgan fingerprint density at radius 1 is 1.08 bits per heavy atom. The van der Waals surface area contributed by atoms with Crippen LogP contribution >= 0.6 is 11.8 Å². The number of rotatable bonds is 5. The lowest BCUT2D eigenvalue weighted by molar-refractivity contribution is 0.188. The summed E-state index contributed by atoms with van der Waals surface area (Å²) in [6, 6.07) is 9.66. The van der Waals surface area contributed by atoms with Crippen molar-refractivity contribution in [2.75, 3.05) is 14.1 Å². The van der Waals surface area contributed by atoms with E-state index in [2.05, 4.69) is 58.9 Å². The molecular formula is C27H28N8S. The van der Waals surface area contributed by atoms with Gasteiger partial charge in [0.1, 0.15) is 6.07 Å². The summed E-state index contributed by atoms with van der Waals surface area (Å²) in [6.45, 7) is 2.16. The number of imidazole rings is 1. The first kappa shape index (κ1) is 22.8. The van der Waals surface area contributed by atoms with E-state index in [1.165, 1.54) is 18.5 Å². The Hall–Kier alpha value is -3.61. The summed E-state index contributed by atoms with van der Waals surface area (Å²) >= 11 is 1.63. The van der Waals surface area contributed by atoms with Crippen molar-refractivity contribution in [3.63, 3.8) is 0 Å². The van der Waals surface area contributed by atoms with Gasteiger partial charge in [0.05, 0.1) is 47.6 Å². The van der Waals surface area contributed by atoms with Gasteiger partial charge >= 0.3 is 0 Å². The molecule has 1 aliphatic carbocycles. The second kappa shape index (κ2) is 9.12. The first-order chi connectivity index (χ1) is 17.5. The molecule has 0 unspecified atom stereocenters. The fourth-order valence-electron chi connectivity index (χ4n) is 5.41. The maximum absolute atomic E-state index is 9.74. The summed E-state index contributed by atoms with van der Waals surface area (Å²) < 4.78 is 6.05. The van der Waals surface area contributed by atoms with Crippen LogP contribution in [0.15, 0.2) is 65.3 Å². The third kappa shape index (κ3) is 3.87. The van der Waals surface area contributed by atoms with Gasteiger partial charge in [0.25, 0.3) is 0 Å². The maximum atomic E-state index is 9.74. The standard InChI is InChI=1S/C27H28N8S/c1-18-23(14-31-35(18)22-8-6-21(7-9-22)32(2)3)19-11-26(27-20(12-28)13-30-34(27)16-19)36-25-5-4-10-33-17-29-15-24(25)33/h4-5,10-11,13-17,21-22H,6-9H2,1-3H3/t21-,22+. The van der Waals surface area contributed by atoms with Gasteiger partial charge in [0.2, 0.25) is 0 Å². The van der Waals surface area contributed by atoms with Crippen molar-refractivity contribution in [2.45, 2.75) is 54.5 Å². The largest absolute Gasteiger partial charge is 0.306 e. The molecule has 8 nitrogen and oxygen atoms in total. The molecule has 5 aromatic heterocycles. The Morgan fingerprint density at radius 2 is 1.92 bits per heavy atom. The van der Waals surface area contributed by atoms with E-state index in [0.717, 1.165) is 44.8 Å². The molecule has 36 heavy (non-hydrogen) atoms. The summed E-state index contributed by atoms with van der Waals surface area (Å²) in [6.07, 6.45) is 16.0. The van der Waals surface area contributed by atoms with E-state index in [1.54, 1.807) is 24.3 Å². The van der Waals surface area contributed by atoms with Gasteiger partial charge in [-0.25, -0.2) is 9.50 Å². The van der Waals surface area contributed by atoms with Crippen LogP contribution in [0.2, 0.25) is 0 Å². The van der Waals surface area contributed by atoms with Crippen LogP contribution in [0, 0.1) is 18.3 Å². The van der Waals surface area contributed by atoms with E-state index in [1.807, 2.05) is 39.8 Å². The number of nitriles is 1. The molecule has 182 valence electrons. The predicted octanol–water partition coefficient (Wildman–Crippen LogP) is 5.22. The van der Waals surface area contributed by atoms with Gasteiger partial charge in [0, 0.05) is 45.0 Å². The number of hydrogen-bond acceptors (Lipinski definition) is 6. The van der Waals surface area contributed by atoms with E-state index in [9.17, 15) is 5.26 Å². The summed E-state index contributed by atoms with van der Waals surface area (Å²) in [5.74, 6) is 0. The van der Waals surface area contributed by atoms with E-state index in [-0.39, 0.29) is 0 Å². The van der Waals surface area contributed by atoms with Crippen LogP contribution in [0.25, 0.3) is 22.2 Å². The fraction of sp³-hybridized carbons (Fsp3) is 0.333. The number of nitrogens with zero attached hydrogens (tertiary/aromatic N) is 8. The topological polar surface area (TPSA) is 79.5 Å². The van der Waals surface area contributed by atoms with Crippen molar-refractivity contribution in [1.29, 1.82) is 5.26 Å². The highest BCUT2D eigenvalue weighted by Gasteiger charge is 2.26. The van der Waals surface area contributed by atoms with Crippen molar-refractivity contribution in [2.24, 2.45) is 0 Å². The molecule has 0 atom stereocenters. The minimum atomic E-state index is 0.432. The first-order valence-electron chi connectivity index (χ1n) is 12.2. The average Bonchev–Trinajstić information content (AvgIpc) is 3.62. The van der Waals surface area contributed by atoms with E-state index >= 15 is 0 Å². The highest BCUT2D eigenvalue weighted by Crippen LogP contribution is 2.39. The third-order valence-electron chi connectivity index (χ3n) is 7.43. The lowest BCUT2D eigenvalue weighted by atomic mass is 9.90. The Balaban J connectivity index is 1.40. The van der Waals surface area contributed by atoms with Crippen LogP contribution in [0.3, 0.4) is 0 Å². The van der Waals surface area contributed by atoms with E-state index in [0.29, 0.717) is 17.6 Å². The van der Waals surface area contributed by atoms with Crippen LogP contribution < -0.4 is 0 Å². The molecule has 0 N–H and O–H groups in total. The highest BCUT2D eigenvalue weighted by molar-refractivity contribution is 7.99. The van der Waals surface area contributed by atoms with Crippen LogP contribution in [-0.4, -0.2) is 53.8 Å². The van der Waals surface area contributed by atoms with Gasteiger partial charge < -0.3 is 9.30 Å². The monoisotopic (exact) mass is 496 g/mol. The number of pyridine rings is 2. The summed E-state index contributed by atoms with van der Waals surface area (Å²) in [7, 11) is 4.35. The molecule has 5 heterocycles. The minimum absolute atomic E-state index is 0.432. The Kier molecular flexibility index (Phi) is 5.78. The van der Waals surface area contributed by atoms with E-state index in [4.69, 9.17) is 5.10 Å². The molecule has 9 heteroatoms. The molecule has 1 fully saturated rings. The Bertz CT molecular complexity index is 1590. The number of hydrogen-bond donors (Lipinski definition) is 0. The van der Waals surface area contributed by atoms with Crippen LogP contribution in [0.1, 0.15) is 43.0 Å². The molecule has 0 saturated heterocycles. The lowest BCUT2D eigenvalue weighted by Crippen LogP contribution is -2.33. The Morgan fingerprint density at radius 3 is 2.69 bits per heavy atom. The van der Waals surface area contributed by atoms with Crippen LogP contribution in [-0.2, 0) is 0 Å². The fourth-order valence-corrected chi connectivity index (χ4v) is 6.55. The molecule has 0 aromatic carbocycles. The molecule has 0 radical (unpaired) electrons. The van der Waals surface area contributed by atoms with Gasteiger partial charge in [-0.05, 0) is 64.9 Å². The number of aromatic nitrogens is 6. The zero-order chi connectivity index (χ0) is 24.8. The normalized spacial score (nSPS) is 18.3. The van der Waals surface area contributed by atoms with Crippen molar-refractivity contribution in [1.82, 2.24) is 33.7 Å². The molecule has 0 spiro atoms. The van der Waals surface area contributed by atoms with Gasteiger partial charge in [0.15, 0.2) is 0 Å². The lowest BCUT2D eigenvalue weighted by Gasteiger charge is -2.33. The van der Waals surface area contributed by atoms with Crippen molar-refractivity contribution in [3.05, 3.63) is 66.8 Å². The molecule has 0 aliphatic heterocycles. The molecular weight excluding hydrogens is 468 g/mol. The molecule has 1 aliphatic rings. The van der Waals surface area contributed by atoms with Crippen molar-refractivity contribution < 1.29 is 0 Å². The quantitative estimate of drug-likeness (QED) is 0.332. The van der Waals surface area contributed by atoms with Gasteiger partial charge in [-0.3, -0.25) is 4.68 Å². The summed E-state index contributed by atoms with van der Waals surface area (Å²) in [5, 5.41) is 19.1. The Labute approximate surface area is 214 Å². The summed E-state index contributed by atoms with van der Waals surface area (Å²) in [4.78, 5) is 8.69. The predicted molar refractivity (Wildman–Crippen MR) is 140 cm³/mol. The number of fused-ring (bicyclic) bond motifs is 2. The van der Waals surface area contributed by atoms with Crippen LogP contribution in [0.4, 0.5) is 0 Å². The van der Waals surface area contributed by atoms with E-state index < -0.39 is 0 Å². The van der Waals surface area contributed by atoms with Gasteiger partial charge in [-0.15, -0.1) is 0 Å². The SMILES string of the molecule is Cc1c(-c2cc(Sc3cccn4cncc34)c3c(C#N)cnn3c2)cnn1[C@H]1CC[C@@H](N(C)C)CC1. The molecule has 6 rings (SSSR count). The second-order valence-electron chi connectivity index (χ2n) is 9.73. The van der Waals surface area contributed by atoms with Gasteiger partial charge in [-0.1, -0.05) is 11.8 Å².